The number of rotatable bonds is 2. The first-order valence-electron chi connectivity index (χ1n) is 4.71. The summed E-state index contributed by atoms with van der Waals surface area (Å²) in [5.74, 6) is -0.433. The summed E-state index contributed by atoms with van der Waals surface area (Å²) in [5.41, 5.74) is 0. The molecule has 2 amide bonds. The molecule has 1 aromatic rings. The normalized spacial score (nSPS) is 20.8. The summed E-state index contributed by atoms with van der Waals surface area (Å²) in [4.78, 5) is 26.5. The lowest BCUT2D eigenvalue weighted by Crippen LogP contribution is -2.50. The quantitative estimate of drug-likeness (QED) is 0.570. The van der Waals surface area contributed by atoms with Crippen LogP contribution in [-0.4, -0.2) is 39.6 Å². The summed E-state index contributed by atoms with van der Waals surface area (Å²) < 4.78 is 0. The first-order chi connectivity index (χ1) is 7.27. The van der Waals surface area contributed by atoms with Gasteiger partial charge in [-0.3, -0.25) is 14.7 Å². The van der Waals surface area contributed by atoms with E-state index in [4.69, 9.17) is 0 Å². The minimum absolute atomic E-state index is 0.119. The van der Waals surface area contributed by atoms with Gasteiger partial charge in [0.05, 0.1) is 0 Å². The predicted octanol–water partition coefficient (Wildman–Crippen LogP) is -1.19. The molecule has 1 atom stereocenters. The van der Waals surface area contributed by atoms with Crippen molar-refractivity contribution in [2.24, 2.45) is 0 Å². The molecule has 1 aliphatic heterocycles. The van der Waals surface area contributed by atoms with Crippen LogP contribution < -0.4 is 10.6 Å². The number of piperidine rings is 1. The van der Waals surface area contributed by atoms with Gasteiger partial charge in [-0.2, -0.15) is 5.10 Å². The van der Waals surface area contributed by atoms with Gasteiger partial charge in [-0.1, -0.05) is 0 Å². The highest BCUT2D eigenvalue weighted by atomic mass is 16.2. The van der Waals surface area contributed by atoms with Gasteiger partial charge in [-0.15, -0.1) is 0 Å². The third kappa shape index (κ3) is 2.12. The highest BCUT2D eigenvalue weighted by Crippen LogP contribution is 2.03. The van der Waals surface area contributed by atoms with E-state index in [1.807, 2.05) is 0 Å². The van der Waals surface area contributed by atoms with Crippen molar-refractivity contribution < 1.29 is 9.59 Å². The van der Waals surface area contributed by atoms with Gasteiger partial charge in [-0.25, -0.2) is 4.98 Å². The Morgan fingerprint density at radius 1 is 1.60 bits per heavy atom. The van der Waals surface area contributed by atoms with Gasteiger partial charge in [0.25, 0.3) is 5.91 Å². The molecule has 0 aromatic carbocycles. The number of aromatic nitrogens is 3. The van der Waals surface area contributed by atoms with Gasteiger partial charge in [0.1, 0.15) is 12.4 Å². The topological polar surface area (TPSA) is 99.8 Å². The SMILES string of the molecule is O=C(NC1CCCNC1=O)c1ncn[nH]1. The average Bonchev–Trinajstić information content (AvgIpc) is 2.74. The van der Waals surface area contributed by atoms with Crippen LogP contribution in [0.2, 0.25) is 0 Å². The number of aromatic amines is 1. The Morgan fingerprint density at radius 3 is 3.13 bits per heavy atom. The minimum Gasteiger partial charge on any atom is -0.354 e. The lowest BCUT2D eigenvalue weighted by molar-refractivity contribution is -0.124. The number of hydrogen-bond acceptors (Lipinski definition) is 4. The molecule has 2 heterocycles. The molecule has 1 aliphatic rings. The van der Waals surface area contributed by atoms with E-state index in [9.17, 15) is 9.59 Å². The van der Waals surface area contributed by atoms with Crippen LogP contribution in [0.1, 0.15) is 23.5 Å². The maximum absolute atomic E-state index is 11.5. The molecule has 1 fully saturated rings. The first kappa shape index (κ1) is 9.63. The third-order valence-corrected chi connectivity index (χ3v) is 2.22. The fourth-order valence-electron chi connectivity index (χ4n) is 1.45. The van der Waals surface area contributed by atoms with Crippen LogP contribution in [0.15, 0.2) is 6.33 Å². The molecule has 0 spiro atoms. The zero-order chi connectivity index (χ0) is 10.7. The van der Waals surface area contributed by atoms with E-state index in [-0.39, 0.29) is 11.7 Å². The van der Waals surface area contributed by atoms with Crippen LogP contribution in [0.4, 0.5) is 0 Å². The molecule has 7 heteroatoms. The lowest BCUT2D eigenvalue weighted by atomic mass is 10.1. The maximum Gasteiger partial charge on any atom is 0.289 e. The number of hydrogen-bond donors (Lipinski definition) is 3. The average molecular weight is 209 g/mol. The standard InChI is InChI=1S/C8H11N5O2/c14-7-5(2-1-3-9-7)12-8(15)6-10-4-11-13-6/h4-5H,1-3H2,(H,9,14)(H,12,15)(H,10,11,13). The molecule has 0 radical (unpaired) electrons. The van der Waals surface area contributed by atoms with Crippen molar-refractivity contribution in [2.75, 3.05) is 6.54 Å². The van der Waals surface area contributed by atoms with Gasteiger partial charge in [-0.05, 0) is 12.8 Å². The maximum atomic E-state index is 11.5. The van der Waals surface area contributed by atoms with Crippen molar-refractivity contribution in [3.63, 3.8) is 0 Å². The van der Waals surface area contributed by atoms with Crippen molar-refractivity contribution in [2.45, 2.75) is 18.9 Å². The summed E-state index contributed by atoms with van der Waals surface area (Å²) in [6.45, 7) is 0.674. The summed E-state index contributed by atoms with van der Waals surface area (Å²) in [6, 6.07) is -0.462. The largest absolute Gasteiger partial charge is 0.354 e. The molecule has 2 rings (SSSR count). The van der Waals surface area contributed by atoms with E-state index in [0.717, 1.165) is 6.42 Å². The zero-order valence-corrected chi connectivity index (χ0v) is 7.99. The van der Waals surface area contributed by atoms with Crippen LogP contribution in [0.3, 0.4) is 0 Å². The minimum atomic E-state index is -0.462. The van der Waals surface area contributed by atoms with E-state index in [1.54, 1.807) is 0 Å². The second kappa shape index (κ2) is 4.07. The number of amides is 2. The Bertz CT molecular complexity index is 361. The van der Waals surface area contributed by atoms with Crippen molar-refractivity contribution in [3.05, 3.63) is 12.2 Å². The van der Waals surface area contributed by atoms with Crippen molar-refractivity contribution in [1.82, 2.24) is 25.8 Å². The highest BCUT2D eigenvalue weighted by Gasteiger charge is 2.24. The van der Waals surface area contributed by atoms with Gasteiger partial charge in [0.2, 0.25) is 11.7 Å². The number of H-pyrrole nitrogens is 1. The van der Waals surface area contributed by atoms with Crippen molar-refractivity contribution >= 4 is 11.8 Å². The molecule has 1 saturated heterocycles. The highest BCUT2D eigenvalue weighted by molar-refractivity contribution is 5.94. The second-order valence-electron chi connectivity index (χ2n) is 3.29. The summed E-state index contributed by atoms with van der Waals surface area (Å²) >= 11 is 0. The Hall–Kier alpha value is -1.92. The molecule has 1 aromatic heterocycles. The smallest absolute Gasteiger partial charge is 0.289 e. The van der Waals surface area contributed by atoms with E-state index < -0.39 is 11.9 Å². The molecule has 3 N–H and O–H groups in total. The van der Waals surface area contributed by atoms with E-state index in [2.05, 4.69) is 25.8 Å². The fraction of sp³-hybridized carbons (Fsp3) is 0.500. The molecule has 0 saturated carbocycles. The predicted molar refractivity (Wildman–Crippen MR) is 49.9 cm³/mol. The van der Waals surface area contributed by atoms with Crippen LogP contribution >= 0.6 is 0 Å². The molecular weight excluding hydrogens is 198 g/mol. The number of carbonyl (C=O) groups excluding carboxylic acids is 2. The molecular formula is C8H11N5O2. The molecule has 7 nitrogen and oxygen atoms in total. The third-order valence-electron chi connectivity index (χ3n) is 2.22. The molecule has 0 bridgehead atoms. The Kier molecular flexibility index (Phi) is 2.61. The molecule has 0 aliphatic carbocycles. The first-order valence-corrected chi connectivity index (χ1v) is 4.71. The Labute approximate surface area is 85.7 Å². The zero-order valence-electron chi connectivity index (χ0n) is 7.99. The fourth-order valence-corrected chi connectivity index (χ4v) is 1.45. The summed E-state index contributed by atoms with van der Waals surface area (Å²) in [5, 5.41) is 11.3. The molecule has 1 unspecified atom stereocenters. The Balaban J connectivity index is 1.96. The molecule has 80 valence electrons. The van der Waals surface area contributed by atoms with Crippen LogP contribution in [-0.2, 0) is 4.79 Å². The van der Waals surface area contributed by atoms with E-state index >= 15 is 0 Å². The molecule has 15 heavy (non-hydrogen) atoms. The number of nitrogens with zero attached hydrogens (tertiary/aromatic N) is 2. The van der Waals surface area contributed by atoms with Crippen LogP contribution in [0.5, 0.6) is 0 Å². The van der Waals surface area contributed by atoms with E-state index in [0.29, 0.717) is 13.0 Å². The van der Waals surface area contributed by atoms with Gasteiger partial charge in [0.15, 0.2) is 0 Å². The lowest BCUT2D eigenvalue weighted by Gasteiger charge is -2.22. The van der Waals surface area contributed by atoms with Crippen molar-refractivity contribution in [3.8, 4) is 0 Å². The van der Waals surface area contributed by atoms with Gasteiger partial charge >= 0.3 is 0 Å². The number of carbonyl (C=O) groups is 2. The van der Waals surface area contributed by atoms with E-state index in [1.165, 1.54) is 6.33 Å². The monoisotopic (exact) mass is 209 g/mol. The van der Waals surface area contributed by atoms with Gasteiger partial charge < -0.3 is 10.6 Å². The number of nitrogens with one attached hydrogen (secondary N) is 3. The van der Waals surface area contributed by atoms with Crippen LogP contribution in [0, 0.1) is 0 Å². The Morgan fingerprint density at radius 2 is 2.47 bits per heavy atom. The second-order valence-corrected chi connectivity index (χ2v) is 3.29. The van der Waals surface area contributed by atoms with Crippen molar-refractivity contribution in [1.29, 1.82) is 0 Å². The van der Waals surface area contributed by atoms with Gasteiger partial charge in [0, 0.05) is 6.54 Å². The van der Waals surface area contributed by atoms with Crippen LogP contribution in [0.25, 0.3) is 0 Å². The summed E-state index contributed by atoms with van der Waals surface area (Å²) in [6.07, 6.45) is 2.77. The summed E-state index contributed by atoms with van der Waals surface area (Å²) in [7, 11) is 0.